The van der Waals surface area contributed by atoms with Gasteiger partial charge in [-0.3, -0.25) is 0 Å². The lowest BCUT2D eigenvalue weighted by Crippen LogP contribution is -2.31. The van der Waals surface area contributed by atoms with Crippen LogP contribution in [0.5, 0.6) is 0 Å². The summed E-state index contributed by atoms with van der Waals surface area (Å²) >= 11 is 1.20. The number of aromatic nitrogens is 3. The molecule has 0 amide bonds. The molecule has 3 rings (SSSR count). The fourth-order valence-corrected chi connectivity index (χ4v) is 4.47. The topological polar surface area (TPSA) is 101 Å². The van der Waals surface area contributed by atoms with Gasteiger partial charge in [0.1, 0.15) is 10.0 Å². The van der Waals surface area contributed by atoms with E-state index in [1.165, 1.54) is 15.6 Å². The first-order valence-electron chi connectivity index (χ1n) is 7.47. The Hall–Kier alpha value is -2.30. The van der Waals surface area contributed by atoms with E-state index in [2.05, 4.69) is 20.4 Å². The molecule has 0 aliphatic carbocycles. The second kappa shape index (κ2) is 7.30. The number of thiophene rings is 1. The molecule has 0 aliphatic heterocycles. The van der Waals surface area contributed by atoms with Crippen molar-refractivity contribution in [1.82, 2.24) is 19.4 Å². The molecule has 0 fully saturated rings. The quantitative estimate of drug-likeness (QED) is 0.672. The third-order valence-electron chi connectivity index (χ3n) is 3.43. The smallest absolute Gasteiger partial charge is 0.258 e. The van der Waals surface area contributed by atoms with Gasteiger partial charge in [-0.1, -0.05) is 11.2 Å². The van der Waals surface area contributed by atoms with E-state index in [0.29, 0.717) is 34.8 Å². The van der Waals surface area contributed by atoms with Gasteiger partial charge in [-0.2, -0.15) is 9.29 Å². The molecule has 0 aliphatic rings. The van der Waals surface area contributed by atoms with Crippen LogP contribution in [0.15, 0.2) is 44.6 Å². The third-order valence-corrected chi connectivity index (χ3v) is 6.66. The normalized spacial score (nSPS) is 11.8. The molecule has 1 N–H and O–H groups in total. The average Bonchev–Trinajstić information content (AvgIpc) is 3.27. The van der Waals surface area contributed by atoms with Crippen molar-refractivity contribution >= 4 is 27.2 Å². The Kier molecular flexibility index (Phi) is 5.11. The SMILES string of the molecule is Cc1noc(-c2ccnc(NCCN(C)S(=O)(=O)c3cccs3)c2)n1. The third kappa shape index (κ3) is 4.03. The summed E-state index contributed by atoms with van der Waals surface area (Å²) in [6.45, 7) is 2.48. The second-order valence-electron chi connectivity index (χ2n) is 5.26. The Bertz CT molecular complexity index is 938. The monoisotopic (exact) mass is 379 g/mol. The van der Waals surface area contributed by atoms with Crippen LogP contribution in [0, 0.1) is 6.92 Å². The Labute approximate surface area is 149 Å². The van der Waals surface area contributed by atoms with Crippen LogP contribution in [0.2, 0.25) is 0 Å². The molecule has 0 atom stereocenters. The maximum absolute atomic E-state index is 12.3. The summed E-state index contributed by atoms with van der Waals surface area (Å²) in [5.41, 5.74) is 0.748. The summed E-state index contributed by atoms with van der Waals surface area (Å²) in [5, 5.41) is 8.61. The van der Waals surface area contributed by atoms with Crippen LogP contribution in [-0.4, -0.2) is 48.0 Å². The predicted octanol–water partition coefficient (Wildman–Crippen LogP) is 2.23. The molecule has 25 heavy (non-hydrogen) atoms. The van der Waals surface area contributed by atoms with Gasteiger partial charge in [0.05, 0.1) is 0 Å². The number of nitrogens with one attached hydrogen (secondary N) is 1. The number of anilines is 1. The number of likely N-dealkylation sites (N-methyl/N-ethyl adjacent to an activating group) is 1. The summed E-state index contributed by atoms with van der Waals surface area (Å²) in [6.07, 6.45) is 1.63. The van der Waals surface area contributed by atoms with Crippen molar-refractivity contribution in [2.75, 3.05) is 25.5 Å². The fraction of sp³-hybridized carbons (Fsp3) is 0.267. The lowest BCUT2D eigenvalue weighted by atomic mass is 10.2. The molecule has 0 saturated carbocycles. The highest BCUT2D eigenvalue weighted by atomic mass is 32.2. The van der Waals surface area contributed by atoms with E-state index >= 15 is 0 Å². The number of nitrogens with zero attached hydrogens (tertiary/aromatic N) is 4. The number of pyridine rings is 1. The summed E-state index contributed by atoms with van der Waals surface area (Å²) < 4.78 is 31.5. The highest BCUT2D eigenvalue weighted by Gasteiger charge is 2.21. The molecular weight excluding hydrogens is 362 g/mol. The van der Waals surface area contributed by atoms with E-state index in [1.807, 2.05) is 0 Å². The molecule has 0 spiro atoms. The van der Waals surface area contributed by atoms with Crippen LogP contribution in [0.25, 0.3) is 11.5 Å². The fourth-order valence-electron chi connectivity index (χ4n) is 2.10. The van der Waals surface area contributed by atoms with Crippen LogP contribution in [-0.2, 0) is 10.0 Å². The zero-order chi connectivity index (χ0) is 17.9. The van der Waals surface area contributed by atoms with Gasteiger partial charge >= 0.3 is 0 Å². The molecule has 3 heterocycles. The van der Waals surface area contributed by atoms with E-state index in [-0.39, 0.29) is 0 Å². The predicted molar refractivity (Wildman–Crippen MR) is 94.9 cm³/mol. The zero-order valence-electron chi connectivity index (χ0n) is 13.7. The van der Waals surface area contributed by atoms with Gasteiger partial charge in [0, 0.05) is 31.9 Å². The van der Waals surface area contributed by atoms with Gasteiger partial charge in [0.2, 0.25) is 0 Å². The molecule has 8 nitrogen and oxygen atoms in total. The second-order valence-corrected chi connectivity index (χ2v) is 8.48. The summed E-state index contributed by atoms with van der Waals surface area (Å²) in [7, 11) is -1.88. The van der Waals surface area contributed by atoms with Crippen molar-refractivity contribution in [3.05, 3.63) is 41.7 Å². The van der Waals surface area contributed by atoms with Crippen LogP contribution >= 0.6 is 11.3 Å². The number of hydrogen-bond donors (Lipinski definition) is 1. The maximum atomic E-state index is 12.3. The molecular formula is C15H17N5O3S2. The molecule has 0 bridgehead atoms. The van der Waals surface area contributed by atoms with Gasteiger partial charge in [-0.05, 0) is 30.5 Å². The average molecular weight is 379 g/mol. The van der Waals surface area contributed by atoms with E-state index in [9.17, 15) is 8.42 Å². The van der Waals surface area contributed by atoms with Gasteiger partial charge in [-0.15, -0.1) is 11.3 Å². The minimum atomic E-state index is -3.44. The van der Waals surface area contributed by atoms with Crippen molar-refractivity contribution in [2.45, 2.75) is 11.1 Å². The number of aryl methyl sites for hydroxylation is 1. The van der Waals surface area contributed by atoms with Gasteiger partial charge in [0.15, 0.2) is 5.82 Å². The highest BCUT2D eigenvalue weighted by molar-refractivity contribution is 7.91. The van der Waals surface area contributed by atoms with Crippen LogP contribution in [0.3, 0.4) is 0 Å². The molecule has 0 saturated heterocycles. The van der Waals surface area contributed by atoms with Crippen LogP contribution in [0.4, 0.5) is 5.82 Å². The van der Waals surface area contributed by atoms with Crippen molar-refractivity contribution in [2.24, 2.45) is 0 Å². The zero-order valence-corrected chi connectivity index (χ0v) is 15.3. The first-order chi connectivity index (χ1) is 12.0. The van der Waals surface area contributed by atoms with Crippen molar-refractivity contribution in [1.29, 1.82) is 0 Å². The Morgan fingerprint density at radius 2 is 2.20 bits per heavy atom. The van der Waals surface area contributed by atoms with Crippen molar-refractivity contribution < 1.29 is 12.9 Å². The summed E-state index contributed by atoms with van der Waals surface area (Å²) in [6, 6.07) is 6.87. The van der Waals surface area contributed by atoms with E-state index in [1.54, 1.807) is 49.8 Å². The van der Waals surface area contributed by atoms with Crippen LogP contribution < -0.4 is 5.32 Å². The molecule has 0 aromatic carbocycles. The van der Waals surface area contributed by atoms with Crippen molar-refractivity contribution in [3.63, 3.8) is 0 Å². The Balaban J connectivity index is 1.61. The van der Waals surface area contributed by atoms with Crippen molar-refractivity contribution in [3.8, 4) is 11.5 Å². The van der Waals surface area contributed by atoms with Crippen LogP contribution in [0.1, 0.15) is 5.82 Å². The molecule has 132 valence electrons. The summed E-state index contributed by atoms with van der Waals surface area (Å²) in [5.74, 6) is 1.58. The van der Waals surface area contributed by atoms with E-state index in [0.717, 1.165) is 5.56 Å². The highest BCUT2D eigenvalue weighted by Crippen LogP contribution is 2.20. The van der Waals surface area contributed by atoms with Gasteiger partial charge in [0.25, 0.3) is 15.9 Å². The summed E-state index contributed by atoms with van der Waals surface area (Å²) in [4.78, 5) is 8.39. The number of rotatable bonds is 7. The first kappa shape index (κ1) is 17.5. The number of sulfonamides is 1. The lowest BCUT2D eigenvalue weighted by Gasteiger charge is -2.16. The lowest BCUT2D eigenvalue weighted by molar-refractivity contribution is 0.425. The minimum Gasteiger partial charge on any atom is -0.369 e. The van der Waals surface area contributed by atoms with Gasteiger partial charge in [-0.25, -0.2) is 13.4 Å². The Morgan fingerprint density at radius 3 is 2.88 bits per heavy atom. The largest absolute Gasteiger partial charge is 0.369 e. The van der Waals surface area contributed by atoms with E-state index in [4.69, 9.17) is 4.52 Å². The Morgan fingerprint density at radius 1 is 1.36 bits per heavy atom. The molecule has 0 unspecified atom stereocenters. The number of hydrogen-bond acceptors (Lipinski definition) is 8. The maximum Gasteiger partial charge on any atom is 0.258 e. The van der Waals surface area contributed by atoms with E-state index < -0.39 is 10.0 Å². The standard InChI is InChI=1S/C15H17N5O3S2/c1-11-18-15(23-19-11)12-5-6-16-13(10-12)17-7-8-20(2)25(21,22)14-4-3-9-24-14/h3-6,9-10H,7-8H2,1-2H3,(H,16,17). The molecule has 0 radical (unpaired) electrons. The molecule has 3 aromatic rings. The molecule has 3 aromatic heterocycles. The van der Waals surface area contributed by atoms with Gasteiger partial charge < -0.3 is 9.84 Å². The first-order valence-corrected chi connectivity index (χ1v) is 9.79. The molecule has 10 heteroatoms. The minimum absolute atomic E-state index is 0.311.